The molecule has 0 atom stereocenters. The van der Waals surface area contributed by atoms with Gasteiger partial charge in [-0.05, 0) is 54.0 Å². The summed E-state index contributed by atoms with van der Waals surface area (Å²) in [6.07, 6.45) is 10.0. The molecule has 0 spiro atoms. The summed E-state index contributed by atoms with van der Waals surface area (Å²) in [7, 11) is 0. The van der Waals surface area contributed by atoms with E-state index in [4.69, 9.17) is 9.47 Å². The Kier molecular flexibility index (Phi) is 6.08. The van der Waals surface area contributed by atoms with E-state index in [1.807, 2.05) is 0 Å². The van der Waals surface area contributed by atoms with Crippen molar-refractivity contribution in [2.24, 2.45) is 5.41 Å². The van der Waals surface area contributed by atoms with Gasteiger partial charge in [-0.25, -0.2) is 0 Å². The lowest BCUT2D eigenvalue weighted by molar-refractivity contribution is 0.304. The molecule has 0 N–H and O–H groups in total. The molecule has 1 aliphatic carbocycles. The van der Waals surface area contributed by atoms with Gasteiger partial charge in [-0.1, -0.05) is 93.4 Å². The Balaban J connectivity index is 1.47. The van der Waals surface area contributed by atoms with Crippen molar-refractivity contribution in [3.8, 4) is 11.5 Å². The predicted octanol–water partition coefficient (Wildman–Crippen LogP) is 8.06. The lowest BCUT2D eigenvalue weighted by Crippen LogP contribution is -2.17. The molecule has 2 nitrogen and oxygen atoms in total. The highest BCUT2D eigenvalue weighted by Crippen LogP contribution is 2.42. The van der Waals surface area contributed by atoms with Crippen molar-refractivity contribution >= 4 is 17.7 Å². The monoisotopic (exact) mass is 450 g/mol. The highest BCUT2D eigenvalue weighted by atomic mass is 16.5. The normalized spacial score (nSPS) is 15.7. The van der Waals surface area contributed by atoms with Crippen LogP contribution in [0.2, 0.25) is 0 Å². The van der Waals surface area contributed by atoms with E-state index in [1.165, 1.54) is 27.8 Å². The first-order chi connectivity index (χ1) is 16.4. The number of ether oxygens (including phenoxy) is 2. The Morgan fingerprint density at radius 2 is 1.76 bits per heavy atom. The van der Waals surface area contributed by atoms with E-state index in [0.717, 1.165) is 47.5 Å². The molecule has 0 amide bonds. The van der Waals surface area contributed by atoms with Crippen LogP contribution in [-0.2, 0) is 19.4 Å². The fraction of sp³-hybridized carbons (Fsp3) is 0.312. The first kappa shape index (κ1) is 22.5. The van der Waals surface area contributed by atoms with Crippen LogP contribution in [0.5, 0.6) is 11.5 Å². The van der Waals surface area contributed by atoms with Gasteiger partial charge in [0.05, 0.1) is 0 Å². The lowest BCUT2D eigenvalue weighted by Gasteiger charge is -2.29. The minimum atomic E-state index is 0.195. The van der Waals surface area contributed by atoms with Gasteiger partial charge in [0.2, 0.25) is 0 Å². The highest BCUT2D eigenvalue weighted by molar-refractivity contribution is 5.89. The Hall–Kier alpha value is -3.26. The molecule has 0 fully saturated rings. The first-order valence-electron chi connectivity index (χ1n) is 12.4. The average Bonchev–Trinajstić information content (AvgIpc) is 2.83. The van der Waals surface area contributed by atoms with E-state index in [2.05, 4.69) is 101 Å². The molecule has 3 aromatic carbocycles. The van der Waals surface area contributed by atoms with E-state index in [1.54, 1.807) is 0 Å². The standard InChI is InChI=1S/C32H34O2/c1-5-6-23-11-14-28(30(17-23)33-20-24-9-7-22(2)8-10-24)27-18-25-12-13-26-19-32(3,4)16-15-29(26)31(25)34-21-27/h7-18H,5-6,19-21H2,1-4H3. The first-order valence-corrected chi connectivity index (χ1v) is 12.4. The van der Waals surface area contributed by atoms with Gasteiger partial charge in [0, 0.05) is 22.3 Å². The summed E-state index contributed by atoms with van der Waals surface area (Å²) < 4.78 is 12.8. The summed E-state index contributed by atoms with van der Waals surface area (Å²) >= 11 is 0. The number of benzene rings is 3. The smallest absolute Gasteiger partial charge is 0.134 e. The Morgan fingerprint density at radius 1 is 0.971 bits per heavy atom. The van der Waals surface area contributed by atoms with E-state index >= 15 is 0 Å². The van der Waals surface area contributed by atoms with Crippen molar-refractivity contribution in [3.63, 3.8) is 0 Å². The summed E-state index contributed by atoms with van der Waals surface area (Å²) in [5.41, 5.74) is 9.98. The van der Waals surface area contributed by atoms with Crippen molar-refractivity contribution in [1.29, 1.82) is 0 Å². The SMILES string of the molecule is CCCc1ccc(C2=Cc3ccc4c(c3OC2)C=CC(C)(C)C4)c(OCc2ccc(C)cc2)c1. The maximum absolute atomic E-state index is 6.40. The van der Waals surface area contributed by atoms with Crippen LogP contribution in [0.1, 0.15) is 66.1 Å². The maximum Gasteiger partial charge on any atom is 0.134 e. The molecule has 0 bridgehead atoms. The zero-order valence-electron chi connectivity index (χ0n) is 20.8. The quantitative estimate of drug-likeness (QED) is 0.378. The van der Waals surface area contributed by atoms with Gasteiger partial charge in [0.25, 0.3) is 0 Å². The van der Waals surface area contributed by atoms with Crippen LogP contribution in [0, 0.1) is 12.3 Å². The molecule has 0 unspecified atom stereocenters. The predicted molar refractivity (Wildman–Crippen MR) is 142 cm³/mol. The van der Waals surface area contributed by atoms with Crippen molar-refractivity contribution in [2.45, 2.75) is 53.6 Å². The van der Waals surface area contributed by atoms with Crippen LogP contribution in [0.4, 0.5) is 0 Å². The van der Waals surface area contributed by atoms with Crippen molar-refractivity contribution < 1.29 is 9.47 Å². The maximum atomic E-state index is 6.40. The van der Waals surface area contributed by atoms with Gasteiger partial charge >= 0.3 is 0 Å². The number of hydrogen-bond acceptors (Lipinski definition) is 2. The van der Waals surface area contributed by atoms with Crippen molar-refractivity contribution in [2.75, 3.05) is 6.61 Å². The summed E-state index contributed by atoms with van der Waals surface area (Å²) in [6.45, 7) is 10.00. The second-order valence-electron chi connectivity index (χ2n) is 10.4. The van der Waals surface area contributed by atoms with Crippen LogP contribution in [0.25, 0.3) is 17.7 Å². The van der Waals surface area contributed by atoms with Crippen molar-refractivity contribution in [1.82, 2.24) is 0 Å². The summed E-state index contributed by atoms with van der Waals surface area (Å²) in [5, 5.41) is 0. The third-order valence-electron chi connectivity index (χ3n) is 6.81. The molecular weight excluding hydrogens is 416 g/mol. The van der Waals surface area contributed by atoms with Crippen LogP contribution in [-0.4, -0.2) is 6.61 Å². The minimum absolute atomic E-state index is 0.195. The third kappa shape index (κ3) is 4.68. The topological polar surface area (TPSA) is 18.5 Å². The number of hydrogen-bond donors (Lipinski definition) is 0. The minimum Gasteiger partial charge on any atom is -0.488 e. The highest BCUT2D eigenvalue weighted by Gasteiger charge is 2.26. The molecule has 0 aromatic heterocycles. The number of allylic oxidation sites excluding steroid dienone is 1. The van der Waals surface area contributed by atoms with Gasteiger partial charge in [-0.2, -0.15) is 0 Å². The molecule has 5 rings (SSSR count). The fourth-order valence-electron chi connectivity index (χ4n) is 4.90. The van der Waals surface area contributed by atoms with Crippen LogP contribution in [0.3, 0.4) is 0 Å². The van der Waals surface area contributed by atoms with Crippen molar-refractivity contribution in [3.05, 3.63) is 99.6 Å². The van der Waals surface area contributed by atoms with Gasteiger partial charge in [-0.3, -0.25) is 0 Å². The molecule has 0 radical (unpaired) electrons. The third-order valence-corrected chi connectivity index (χ3v) is 6.81. The van der Waals surface area contributed by atoms with Crippen LogP contribution >= 0.6 is 0 Å². The summed E-state index contributed by atoms with van der Waals surface area (Å²) in [6, 6.07) is 19.7. The van der Waals surface area contributed by atoms with Gasteiger partial charge in [0.1, 0.15) is 24.7 Å². The Labute approximate surface area is 203 Å². The molecular formula is C32H34O2. The van der Waals surface area contributed by atoms with E-state index in [-0.39, 0.29) is 5.41 Å². The lowest BCUT2D eigenvalue weighted by atomic mass is 9.78. The molecule has 2 aliphatic rings. The van der Waals surface area contributed by atoms with Crippen LogP contribution in [0.15, 0.2) is 60.7 Å². The second kappa shape index (κ2) is 9.18. The molecule has 2 heteroatoms. The zero-order chi connectivity index (χ0) is 23.7. The van der Waals surface area contributed by atoms with Gasteiger partial charge in [0.15, 0.2) is 0 Å². The molecule has 174 valence electrons. The summed E-state index contributed by atoms with van der Waals surface area (Å²) in [5.74, 6) is 1.95. The summed E-state index contributed by atoms with van der Waals surface area (Å²) in [4.78, 5) is 0. The Bertz CT molecular complexity index is 1260. The Morgan fingerprint density at radius 3 is 2.56 bits per heavy atom. The second-order valence-corrected chi connectivity index (χ2v) is 10.4. The van der Waals surface area contributed by atoms with Crippen LogP contribution < -0.4 is 9.47 Å². The van der Waals surface area contributed by atoms with E-state index < -0.39 is 0 Å². The molecule has 3 aromatic rings. The molecule has 0 saturated carbocycles. The molecule has 1 heterocycles. The number of aryl methyl sites for hydroxylation is 2. The largest absolute Gasteiger partial charge is 0.488 e. The molecule has 0 saturated heterocycles. The average molecular weight is 451 g/mol. The zero-order valence-corrected chi connectivity index (χ0v) is 20.8. The van der Waals surface area contributed by atoms with Gasteiger partial charge < -0.3 is 9.47 Å². The molecule has 1 aliphatic heterocycles. The molecule has 34 heavy (non-hydrogen) atoms. The van der Waals surface area contributed by atoms with E-state index in [9.17, 15) is 0 Å². The fourth-order valence-corrected chi connectivity index (χ4v) is 4.90. The number of rotatable bonds is 6. The number of fused-ring (bicyclic) bond motifs is 3. The van der Waals surface area contributed by atoms with Gasteiger partial charge in [-0.15, -0.1) is 0 Å². The van der Waals surface area contributed by atoms with E-state index in [0.29, 0.717) is 13.2 Å².